The van der Waals surface area contributed by atoms with Crippen LogP contribution in [0.5, 0.6) is 17.2 Å². The molecule has 2 heterocycles. The molecule has 5 rings (SSSR count). The van der Waals surface area contributed by atoms with Gasteiger partial charge in [0.1, 0.15) is 29.5 Å². The third-order valence-corrected chi connectivity index (χ3v) is 7.91. The summed E-state index contributed by atoms with van der Waals surface area (Å²) in [5, 5.41) is 0. The fourth-order valence-corrected chi connectivity index (χ4v) is 5.18. The van der Waals surface area contributed by atoms with Crippen LogP contribution in [0.15, 0.2) is 84.9 Å². The number of benzene rings is 3. The lowest BCUT2D eigenvalue weighted by molar-refractivity contribution is -0.147. The van der Waals surface area contributed by atoms with E-state index in [0.29, 0.717) is 13.2 Å². The van der Waals surface area contributed by atoms with Crippen molar-refractivity contribution < 1.29 is 47.5 Å². The maximum Gasteiger partial charge on any atom is 0.338 e. The smallest absolute Gasteiger partial charge is 0.338 e. The van der Waals surface area contributed by atoms with Gasteiger partial charge in [-0.15, -0.1) is 0 Å². The van der Waals surface area contributed by atoms with Crippen molar-refractivity contribution in [1.29, 1.82) is 0 Å². The maximum atomic E-state index is 12.9. The van der Waals surface area contributed by atoms with Crippen molar-refractivity contribution in [3.63, 3.8) is 0 Å². The zero-order valence-electron chi connectivity index (χ0n) is 27.8. The minimum absolute atomic E-state index is 0.105. The fourth-order valence-electron chi connectivity index (χ4n) is 5.18. The molecule has 0 unspecified atom stereocenters. The molecule has 0 aliphatic carbocycles. The van der Waals surface area contributed by atoms with E-state index >= 15 is 0 Å². The second-order valence-electron chi connectivity index (χ2n) is 11.7. The second-order valence-corrected chi connectivity index (χ2v) is 11.7. The predicted molar refractivity (Wildman–Crippen MR) is 182 cm³/mol. The molecule has 0 spiro atoms. The van der Waals surface area contributed by atoms with Crippen LogP contribution in [-0.2, 0) is 28.5 Å². The first kappa shape index (κ1) is 35.4. The number of ether oxygens (including phenoxy) is 7. The van der Waals surface area contributed by atoms with Crippen LogP contribution in [0.4, 0.5) is 0 Å². The van der Waals surface area contributed by atoms with Gasteiger partial charge in [0.05, 0.1) is 32.0 Å². The number of hydrogen-bond acceptors (Lipinski definition) is 10. The first-order valence-electron chi connectivity index (χ1n) is 16.7. The third-order valence-electron chi connectivity index (χ3n) is 7.91. The summed E-state index contributed by atoms with van der Waals surface area (Å²) < 4.78 is 39.6. The van der Waals surface area contributed by atoms with Crippen molar-refractivity contribution in [2.45, 2.75) is 63.9 Å². The number of carbonyl (C=O) groups is 3. The van der Waals surface area contributed by atoms with Gasteiger partial charge in [0, 0.05) is 12.2 Å². The number of hydrogen-bond donors (Lipinski definition) is 0. The third kappa shape index (κ3) is 10.5. The molecule has 2 aliphatic heterocycles. The fraction of sp³-hybridized carbons (Fsp3) is 0.359. The van der Waals surface area contributed by atoms with Crippen LogP contribution < -0.4 is 14.2 Å². The zero-order valence-corrected chi connectivity index (χ0v) is 27.8. The van der Waals surface area contributed by atoms with Crippen molar-refractivity contribution in [3.05, 3.63) is 102 Å². The van der Waals surface area contributed by atoms with Gasteiger partial charge in [0.15, 0.2) is 12.2 Å². The summed E-state index contributed by atoms with van der Waals surface area (Å²) in [6.07, 6.45) is 7.70. The highest BCUT2D eigenvalue weighted by Gasteiger charge is 2.51. The van der Waals surface area contributed by atoms with E-state index in [9.17, 15) is 14.4 Å². The summed E-state index contributed by atoms with van der Waals surface area (Å²) >= 11 is 0. The first-order valence-corrected chi connectivity index (χ1v) is 16.7. The standard InChI is InChI=1S/C39H42O10/c1-3-5-23-43-30-15-7-27(8-16-30)11-21-35(40)47-32-19-13-29(14-20-32)39(42)49-34-26-46-37-33(25-45-38(34)37)48-36(41)22-12-28-9-17-31(18-10-28)44-24-6-4-2/h7-22,33-34,37-38H,3-6,23-26H2,1-2H3/b21-11+,22-12+/t33-,34+,37-,38-/m1/s1. The molecular weight excluding hydrogens is 628 g/mol. The van der Waals surface area contributed by atoms with Gasteiger partial charge in [0.25, 0.3) is 0 Å². The molecule has 0 amide bonds. The van der Waals surface area contributed by atoms with Gasteiger partial charge < -0.3 is 33.2 Å². The highest BCUT2D eigenvalue weighted by Crippen LogP contribution is 2.31. The van der Waals surface area contributed by atoms with Gasteiger partial charge in [-0.25, -0.2) is 14.4 Å². The normalized spacial score (nSPS) is 19.9. The van der Waals surface area contributed by atoms with Gasteiger partial charge in [0.2, 0.25) is 0 Å². The van der Waals surface area contributed by atoms with Gasteiger partial charge in [-0.05, 0) is 84.7 Å². The number of unbranched alkanes of at least 4 members (excludes halogenated alkanes) is 2. The Morgan fingerprint density at radius 1 is 0.633 bits per heavy atom. The Morgan fingerprint density at radius 2 is 1.10 bits per heavy atom. The van der Waals surface area contributed by atoms with Crippen LogP contribution in [0.3, 0.4) is 0 Å². The molecule has 3 aromatic rings. The molecule has 0 bridgehead atoms. The minimum atomic E-state index is -0.672. The summed E-state index contributed by atoms with van der Waals surface area (Å²) in [5.74, 6) is 0.177. The Bertz CT molecular complexity index is 1580. The highest BCUT2D eigenvalue weighted by atomic mass is 16.7. The Balaban J connectivity index is 1.04. The first-order chi connectivity index (χ1) is 23.9. The Labute approximate surface area is 286 Å². The topological polar surface area (TPSA) is 116 Å². The summed E-state index contributed by atoms with van der Waals surface area (Å²) in [7, 11) is 0. The number of fused-ring (bicyclic) bond motifs is 1. The molecule has 10 nitrogen and oxygen atoms in total. The quantitative estimate of drug-likeness (QED) is 0.0714. The molecule has 0 N–H and O–H groups in total. The molecule has 2 saturated heterocycles. The van der Waals surface area contributed by atoms with Crippen molar-refractivity contribution in [3.8, 4) is 17.2 Å². The molecular formula is C39H42O10. The van der Waals surface area contributed by atoms with Crippen molar-refractivity contribution in [2.24, 2.45) is 0 Å². The van der Waals surface area contributed by atoms with E-state index in [0.717, 1.165) is 48.3 Å². The molecule has 4 atom stereocenters. The van der Waals surface area contributed by atoms with E-state index in [1.54, 1.807) is 12.2 Å². The van der Waals surface area contributed by atoms with Crippen molar-refractivity contribution in [1.82, 2.24) is 0 Å². The zero-order chi connectivity index (χ0) is 34.4. The predicted octanol–water partition coefficient (Wildman–Crippen LogP) is 6.61. The largest absolute Gasteiger partial charge is 0.494 e. The van der Waals surface area contributed by atoms with Crippen molar-refractivity contribution >= 4 is 30.1 Å². The van der Waals surface area contributed by atoms with E-state index in [-0.39, 0.29) is 24.5 Å². The maximum absolute atomic E-state index is 12.9. The van der Waals surface area contributed by atoms with Gasteiger partial charge in [-0.1, -0.05) is 51.0 Å². The lowest BCUT2D eigenvalue weighted by Gasteiger charge is -2.17. The molecule has 10 heteroatoms. The number of rotatable bonds is 16. The Kier molecular flexibility index (Phi) is 13.0. The van der Waals surface area contributed by atoms with E-state index in [2.05, 4.69) is 13.8 Å². The minimum Gasteiger partial charge on any atom is -0.494 e. The molecule has 2 fully saturated rings. The SMILES string of the molecule is CCCCOc1ccc(/C=C/C(=O)Oc2ccc(C(=O)O[C@H]3CO[C@H]4[C@@H]3OC[C@H]4OC(=O)/C=C/c3ccc(OCCCC)cc3)cc2)cc1. The van der Waals surface area contributed by atoms with Crippen LogP contribution >= 0.6 is 0 Å². The van der Waals surface area contributed by atoms with Gasteiger partial charge in [-0.2, -0.15) is 0 Å². The molecule has 2 aliphatic rings. The lowest BCUT2D eigenvalue weighted by Crippen LogP contribution is -2.35. The van der Waals surface area contributed by atoms with E-state index in [1.165, 1.54) is 36.4 Å². The number of carbonyl (C=O) groups excluding carboxylic acids is 3. The van der Waals surface area contributed by atoms with Crippen LogP contribution in [0.1, 0.15) is 61.0 Å². The van der Waals surface area contributed by atoms with Crippen LogP contribution in [0.25, 0.3) is 12.2 Å². The van der Waals surface area contributed by atoms with E-state index in [4.69, 9.17) is 33.2 Å². The Morgan fingerprint density at radius 3 is 1.61 bits per heavy atom. The summed E-state index contributed by atoms with van der Waals surface area (Å²) in [5.41, 5.74) is 1.93. The van der Waals surface area contributed by atoms with E-state index < -0.39 is 42.3 Å². The van der Waals surface area contributed by atoms with Crippen molar-refractivity contribution in [2.75, 3.05) is 26.4 Å². The summed E-state index contributed by atoms with van der Waals surface area (Å²) in [6.45, 7) is 5.79. The van der Waals surface area contributed by atoms with Gasteiger partial charge in [-0.3, -0.25) is 0 Å². The summed E-state index contributed by atoms with van der Waals surface area (Å²) in [6, 6.07) is 20.9. The average molecular weight is 671 g/mol. The highest BCUT2D eigenvalue weighted by molar-refractivity contribution is 5.91. The number of esters is 3. The monoisotopic (exact) mass is 670 g/mol. The molecule has 0 aromatic heterocycles. The van der Waals surface area contributed by atoms with Crippen LogP contribution in [0, 0.1) is 0 Å². The molecule has 258 valence electrons. The van der Waals surface area contributed by atoms with E-state index in [1.807, 2.05) is 48.5 Å². The lowest BCUT2D eigenvalue weighted by atomic mass is 10.1. The van der Waals surface area contributed by atoms with Crippen LogP contribution in [-0.4, -0.2) is 68.8 Å². The molecule has 3 aromatic carbocycles. The summed E-state index contributed by atoms with van der Waals surface area (Å²) in [4.78, 5) is 37.7. The Hall–Kier alpha value is -4.93. The van der Waals surface area contributed by atoms with Gasteiger partial charge >= 0.3 is 17.9 Å². The molecule has 0 radical (unpaired) electrons. The van der Waals surface area contributed by atoms with Crippen LogP contribution in [0.2, 0.25) is 0 Å². The second kappa shape index (κ2) is 18.0. The molecule has 0 saturated carbocycles. The molecule has 49 heavy (non-hydrogen) atoms. The average Bonchev–Trinajstić information content (AvgIpc) is 3.71.